The topological polar surface area (TPSA) is 61.3 Å². The molecule has 0 bridgehead atoms. The highest BCUT2D eigenvalue weighted by atomic mass is 35.5. The lowest BCUT2D eigenvalue weighted by molar-refractivity contribution is 0.145. The molecule has 2 rings (SSSR count). The maximum absolute atomic E-state index is 5.86. The van der Waals surface area contributed by atoms with E-state index in [4.69, 9.17) is 26.6 Å². The smallest absolute Gasteiger partial charge is 0.175 e. The number of hydrogen-bond acceptors (Lipinski definition) is 4. The number of halogens is 1. The van der Waals surface area contributed by atoms with E-state index < -0.39 is 0 Å². The van der Waals surface area contributed by atoms with Crippen molar-refractivity contribution in [3.05, 3.63) is 35.0 Å². The average molecular weight is 267 g/mol. The van der Waals surface area contributed by atoms with Crippen LogP contribution in [0.4, 0.5) is 5.82 Å². The number of hydrogen-bond donors (Lipinski definition) is 1. The molecule has 2 aromatic rings. The second-order valence-corrected chi connectivity index (χ2v) is 4.26. The molecule has 1 heterocycles. The number of anilines is 1. The van der Waals surface area contributed by atoms with Crippen molar-refractivity contribution in [1.82, 2.24) is 5.16 Å². The molecule has 0 unspecified atom stereocenters. The Morgan fingerprint density at radius 2 is 2.06 bits per heavy atom. The van der Waals surface area contributed by atoms with E-state index in [1.165, 1.54) is 0 Å². The third-order valence-electron chi connectivity index (χ3n) is 2.60. The Hall–Kier alpha value is -1.52. The summed E-state index contributed by atoms with van der Waals surface area (Å²) in [6.45, 7) is 3.22. The van der Waals surface area contributed by atoms with E-state index in [1.807, 2.05) is 31.2 Å². The highest BCUT2D eigenvalue weighted by Crippen LogP contribution is 2.30. The Morgan fingerprint density at radius 1 is 1.33 bits per heavy atom. The predicted octanol–water partition coefficient (Wildman–Crippen LogP) is 3.16. The summed E-state index contributed by atoms with van der Waals surface area (Å²) in [5.74, 6) is 1.13. The number of nitrogen functional groups attached to an aromatic ring is 1. The summed E-state index contributed by atoms with van der Waals surface area (Å²) in [6, 6.07) is 7.43. The highest BCUT2D eigenvalue weighted by molar-refractivity contribution is 6.30. The Balaban J connectivity index is 2.25. The van der Waals surface area contributed by atoms with Gasteiger partial charge in [-0.1, -0.05) is 28.9 Å². The Morgan fingerprint density at radius 3 is 2.72 bits per heavy atom. The minimum absolute atomic E-state index is 0.392. The van der Waals surface area contributed by atoms with E-state index in [0.29, 0.717) is 30.5 Å². The predicted molar refractivity (Wildman–Crippen MR) is 71.6 cm³/mol. The van der Waals surface area contributed by atoms with E-state index in [-0.39, 0.29) is 0 Å². The average Bonchev–Trinajstić information content (AvgIpc) is 2.72. The van der Waals surface area contributed by atoms with Crippen molar-refractivity contribution < 1.29 is 9.26 Å². The Labute approximate surface area is 111 Å². The SMILES string of the molecule is CCOCCc1onc(N)c1-c1ccc(Cl)cc1. The van der Waals surface area contributed by atoms with Crippen LogP contribution in [-0.4, -0.2) is 18.4 Å². The summed E-state index contributed by atoms with van der Waals surface area (Å²) in [5, 5.41) is 4.49. The fraction of sp³-hybridized carbons (Fsp3) is 0.308. The molecule has 0 atom stereocenters. The molecule has 0 spiro atoms. The van der Waals surface area contributed by atoms with Gasteiger partial charge in [0.05, 0.1) is 12.2 Å². The Bertz CT molecular complexity index is 508. The van der Waals surface area contributed by atoms with E-state index >= 15 is 0 Å². The van der Waals surface area contributed by atoms with Crippen LogP contribution in [0, 0.1) is 0 Å². The first-order chi connectivity index (χ1) is 8.72. The van der Waals surface area contributed by atoms with E-state index in [9.17, 15) is 0 Å². The van der Waals surface area contributed by atoms with Crippen molar-refractivity contribution in [3.8, 4) is 11.1 Å². The summed E-state index contributed by atoms with van der Waals surface area (Å²) in [6.07, 6.45) is 0.649. The van der Waals surface area contributed by atoms with Gasteiger partial charge in [-0.2, -0.15) is 0 Å². The van der Waals surface area contributed by atoms with E-state index in [1.54, 1.807) is 0 Å². The monoisotopic (exact) mass is 266 g/mol. The fourth-order valence-electron chi connectivity index (χ4n) is 1.74. The van der Waals surface area contributed by atoms with Gasteiger partial charge in [-0.25, -0.2) is 0 Å². The molecule has 0 aliphatic carbocycles. The summed E-state index contributed by atoms with van der Waals surface area (Å²) in [7, 11) is 0. The molecule has 0 aliphatic heterocycles. The van der Waals surface area contributed by atoms with Crippen molar-refractivity contribution in [2.75, 3.05) is 18.9 Å². The van der Waals surface area contributed by atoms with Crippen molar-refractivity contribution in [1.29, 1.82) is 0 Å². The first-order valence-corrected chi connectivity index (χ1v) is 6.18. The van der Waals surface area contributed by atoms with Crippen LogP contribution >= 0.6 is 11.6 Å². The molecule has 2 N–H and O–H groups in total. The summed E-state index contributed by atoms with van der Waals surface area (Å²) in [5.41, 5.74) is 7.61. The molecule has 96 valence electrons. The largest absolute Gasteiger partial charge is 0.381 e. The second kappa shape index (κ2) is 5.89. The van der Waals surface area contributed by atoms with Gasteiger partial charge in [0, 0.05) is 18.1 Å². The van der Waals surface area contributed by atoms with Crippen molar-refractivity contribution in [3.63, 3.8) is 0 Å². The number of benzene rings is 1. The van der Waals surface area contributed by atoms with Gasteiger partial charge in [0.25, 0.3) is 0 Å². The molecule has 4 nitrogen and oxygen atoms in total. The zero-order valence-corrected chi connectivity index (χ0v) is 10.9. The Kier molecular flexibility index (Phi) is 4.23. The van der Waals surface area contributed by atoms with Gasteiger partial charge < -0.3 is 15.0 Å². The van der Waals surface area contributed by atoms with Gasteiger partial charge in [0.1, 0.15) is 5.76 Å². The summed E-state index contributed by atoms with van der Waals surface area (Å²) < 4.78 is 10.5. The molecule has 0 aliphatic rings. The molecule has 0 saturated heterocycles. The van der Waals surface area contributed by atoms with Crippen LogP contribution in [0.15, 0.2) is 28.8 Å². The molecule has 0 saturated carbocycles. The van der Waals surface area contributed by atoms with Crippen molar-refractivity contribution in [2.24, 2.45) is 0 Å². The second-order valence-electron chi connectivity index (χ2n) is 3.82. The molecule has 0 radical (unpaired) electrons. The lowest BCUT2D eigenvalue weighted by Crippen LogP contribution is -1.98. The number of aromatic nitrogens is 1. The van der Waals surface area contributed by atoms with Crippen LogP contribution in [0.1, 0.15) is 12.7 Å². The van der Waals surface area contributed by atoms with Crippen LogP contribution < -0.4 is 5.73 Å². The molecule has 1 aromatic heterocycles. The van der Waals surface area contributed by atoms with Crippen molar-refractivity contribution >= 4 is 17.4 Å². The lowest BCUT2D eigenvalue weighted by Gasteiger charge is -2.03. The number of nitrogens with two attached hydrogens (primary N) is 1. The number of nitrogens with zero attached hydrogens (tertiary/aromatic N) is 1. The van der Waals surface area contributed by atoms with Gasteiger partial charge in [-0.15, -0.1) is 0 Å². The first kappa shape index (κ1) is 12.9. The quantitative estimate of drug-likeness (QED) is 0.845. The minimum Gasteiger partial charge on any atom is -0.381 e. The zero-order chi connectivity index (χ0) is 13.0. The van der Waals surface area contributed by atoms with Crippen LogP contribution in [0.5, 0.6) is 0 Å². The van der Waals surface area contributed by atoms with Gasteiger partial charge in [0.15, 0.2) is 5.82 Å². The normalized spacial score (nSPS) is 10.8. The number of ether oxygens (including phenoxy) is 1. The fourth-order valence-corrected chi connectivity index (χ4v) is 1.87. The van der Waals surface area contributed by atoms with E-state index in [0.717, 1.165) is 16.9 Å². The molecule has 1 aromatic carbocycles. The van der Waals surface area contributed by atoms with Gasteiger partial charge in [0.2, 0.25) is 0 Å². The molecule has 5 heteroatoms. The maximum Gasteiger partial charge on any atom is 0.175 e. The van der Waals surface area contributed by atoms with Gasteiger partial charge in [-0.3, -0.25) is 0 Å². The molecular formula is C13H15ClN2O2. The molecular weight excluding hydrogens is 252 g/mol. The van der Waals surface area contributed by atoms with E-state index in [2.05, 4.69) is 5.16 Å². The highest BCUT2D eigenvalue weighted by Gasteiger charge is 2.15. The standard InChI is InChI=1S/C13H15ClN2O2/c1-2-17-8-7-11-12(13(15)16-18-11)9-3-5-10(14)6-4-9/h3-6H,2,7-8H2,1H3,(H2,15,16). The van der Waals surface area contributed by atoms with Gasteiger partial charge >= 0.3 is 0 Å². The minimum atomic E-state index is 0.392. The summed E-state index contributed by atoms with van der Waals surface area (Å²) >= 11 is 5.86. The first-order valence-electron chi connectivity index (χ1n) is 5.80. The third-order valence-corrected chi connectivity index (χ3v) is 2.85. The molecule has 18 heavy (non-hydrogen) atoms. The molecule has 0 fully saturated rings. The molecule has 0 amide bonds. The number of rotatable bonds is 5. The maximum atomic E-state index is 5.86. The van der Waals surface area contributed by atoms with Gasteiger partial charge in [-0.05, 0) is 24.6 Å². The van der Waals surface area contributed by atoms with Crippen molar-refractivity contribution in [2.45, 2.75) is 13.3 Å². The lowest BCUT2D eigenvalue weighted by atomic mass is 10.0. The zero-order valence-electron chi connectivity index (χ0n) is 10.1. The van der Waals surface area contributed by atoms with Crippen LogP contribution in [0.25, 0.3) is 11.1 Å². The van der Waals surface area contributed by atoms with Crippen LogP contribution in [0.2, 0.25) is 5.02 Å². The summed E-state index contributed by atoms with van der Waals surface area (Å²) in [4.78, 5) is 0. The third kappa shape index (κ3) is 2.83. The van der Waals surface area contributed by atoms with Crippen LogP contribution in [-0.2, 0) is 11.2 Å². The van der Waals surface area contributed by atoms with Crippen LogP contribution in [0.3, 0.4) is 0 Å².